The number of hydrogen-bond donors (Lipinski definition) is 1. The molecule has 4 rings (SSSR count). The molecule has 2 heterocycles. The summed E-state index contributed by atoms with van der Waals surface area (Å²) < 4.78 is 1.09. The number of pyridine rings is 1. The van der Waals surface area contributed by atoms with E-state index in [4.69, 9.17) is 5.73 Å². The minimum atomic E-state index is 0.672. The van der Waals surface area contributed by atoms with Crippen molar-refractivity contribution in [1.82, 2.24) is 4.98 Å². The van der Waals surface area contributed by atoms with Crippen LogP contribution in [-0.2, 0) is 0 Å². The Labute approximate surface area is 133 Å². The highest BCUT2D eigenvalue weighted by Crippen LogP contribution is 2.43. The van der Waals surface area contributed by atoms with Crippen molar-refractivity contribution in [1.29, 1.82) is 0 Å². The molecule has 2 atom stereocenters. The van der Waals surface area contributed by atoms with Gasteiger partial charge < -0.3 is 10.6 Å². The van der Waals surface area contributed by atoms with E-state index in [0.717, 1.165) is 28.1 Å². The molecule has 2 unspecified atom stereocenters. The summed E-state index contributed by atoms with van der Waals surface area (Å²) in [4.78, 5) is 7.07. The molecule has 21 heavy (non-hydrogen) atoms. The third kappa shape index (κ3) is 2.20. The largest absolute Gasteiger partial charge is 0.396 e. The standard InChI is InChI=1S/C17H20BrN3/c18-12-6-7-15-13(9-12)17(14(19)10-20-15)21-8-2-4-11-3-1-5-16(11)21/h6-7,9-11,16H,1-5,8,19H2. The SMILES string of the molecule is Nc1cnc2ccc(Br)cc2c1N1CCCC2CCCC21. The minimum Gasteiger partial charge on any atom is -0.396 e. The number of rotatable bonds is 1. The lowest BCUT2D eigenvalue weighted by Gasteiger charge is -2.40. The van der Waals surface area contributed by atoms with Gasteiger partial charge in [0, 0.05) is 22.4 Å². The topological polar surface area (TPSA) is 42.1 Å². The number of aromatic nitrogens is 1. The van der Waals surface area contributed by atoms with Gasteiger partial charge in [-0.1, -0.05) is 22.4 Å². The van der Waals surface area contributed by atoms with Crippen LogP contribution in [0.2, 0.25) is 0 Å². The Morgan fingerprint density at radius 3 is 2.95 bits per heavy atom. The van der Waals surface area contributed by atoms with Crippen LogP contribution >= 0.6 is 15.9 Å². The first-order valence-electron chi connectivity index (χ1n) is 7.84. The minimum absolute atomic E-state index is 0.672. The van der Waals surface area contributed by atoms with E-state index in [1.807, 2.05) is 12.3 Å². The van der Waals surface area contributed by atoms with E-state index in [9.17, 15) is 0 Å². The Hall–Kier alpha value is -1.29. The highest BCUT2D eigenvalue weighted by atomic mass is 79.9. The Morgan fingerprint density at radius 2 is 2.05 bits per heavy atom. The quantitative estimate of drug-likeness (QED) is 0.835. The molecule has 3 nitrogen and oxygen atoms in total. The van der Waals surface area contributed by atoms with Gasteiger partial charge in [0.15, 0.2) is 0 Å². The fourth-order valence-corrected chi connectivity index (χ4v) is 4.58. The summed E-state index contributed by atoms with van der Waals surface area (Å²) in [5.41, 5.74) is 9.38. The summed E-state index contributed by atoms with van der Waals surface area (Å²) in [5, 5.41) is 1.18. The zero-order chi connectivity index (χ0) is 14.4. The number of hydrogen-bond acceptors (Lipinski definition) is 3. The molecule has 2 N–H and O–H groups in total. The number of nitrogen functional groups attached to an aromatic ring is 1. The van der Waals surface area contributed by atoms with Gasteiger partial charge in [-0.15, -0.1) is 0 Å². The number of fused-ring (bicyclic) bond motifs is 2. The first kappa shape index (κ1) is 13.4. The highest BCUT2D eigenvalue weighted by Gasteiger charge is 2.36. The maximum atomic E-state index is 6.33. The van der Waals surface area contributed by atoms with Crippen LogP contribution in [0.3, 0.4) is 0 Å². The van der Waals surface area contributed by atoms with Crippen LogP contribution in [0.1, 0.15) is 32.1 Å². The molecule has 4 heteroatoms. The van der Waals surface area contributed by atoms with Crippen molar-refractivity contribution in [3.05, 3.63) is 28.9 Å². The number of benzene rings is 1. The van der Waals surface area contributed by atoms with Gasteiger partial charge in [0.1, 0.15) is 0 Å². The zero-order valence-corrected chi connectivity index (χ0v) is 13.6. The molecule has 0 spiro atoms. The summed E-state index contributed by atoms with van der Waals surface area (Å²) in [6.45, 7) is 1.12. The lowest BCUT2D eigenvalue weighted by molar-refractivity contribution is 0.363. The molecule has 1 saturated carbocycles. The smallest absolute Gasteiger partial charge is 0.0745 e. The van der Waals surface area contributed by atoms with Crippen LogP contribution < -0.4 is 10.6 Å². The molecule has 0 radical (unpaired) electrons. The van der Waals surface area contributed by atoms with Crippen LogP contribution in [0, 0.1) is 5.92 Å². The van der Waals surface area contributed by atoms with Crippen LogP contribution in [0.4, 0.5) is 11.4 Å². The molecule has 2 fully saturated rings. The van der Waals surface area contributed by atoms with Crippen molar-refractivity contribution in [2.75, 3.05) is 17.2 Å². The van der Waals surface area contributed by atoms with E-state index in [1.165, 1.54) is 43.2 Å². The van der Waals surface area contributed by atoms with Crippen molar-refractivity contribution >= 4 is 38.2 Å². The Balaban J connectivity index is 1.88. The molecule has 1 aliphatic heterocycles. The van der Waals surface area contributed by atoms with Gasteiger partial charge >= 0.3 is 0 Å². The maximum absolute atomic E-state index is 6.33. The zero-order valence-electron chi connectivity index (χ0n) is 12.1. The van der Waals surface area contributed by atoms with E-state index < -0.39 is 0 Å². The van der Waals surface area contributed by atoms with Crippen LogP contribution in [0.5, 0.6) is 0 Å². The van der Waals surface area contributed by atoms with Gasteiger partial charge in [0.05, 0.1) is 23.1 Å². The van der Waals surface area contributed by atoms with Crippen LogP contribution in [0.15, 0.2) is 28.9 Å². The van der Waals surface area contributed by atoms with E-state index in [0.29, 0.717) is 6.04 Å². The number of anilines is 2. The van der Waals surface area contributed by atoms with Crippen LogP contribution in [-0.4, -0.2) is 17.6 Å². The summed E-state index contributed by atoms with van der Waals surface area (Å²) in [6, 6.07) is 6.94. The molecule has 2 aliphatic rings. The van der Waals surface area contributed by atoms with E-state index in [2.05, 4.69) is 37.9 Å². The second kappa shape index (κ2) is 5.16. The third-order valence-electron chi connectivity index (χ3n) is 5.11. The Bertz CT molecular complexity index is 680. The third-order valence-corrected chi connectivity index (χ3v) is 5.60. The summed E-state index contributed by atoms with van der Waals surface area (Å²) in [6.07, 6.45) is 8.53. The number of nitrogens with two attached hydrogens (primary N) is 1. The van der Waals surface area contributed by atoms with Gasteiger partial charge in [0.2, 0.25) is 0 Å². The van der Waals surface area contributed by atoms with Gasteiger partial charge in [-0.05, 0) is 49.8 Å². The first-order chi connectivity index (χ1) is 10.2. The predicted molar refractivity (Wildman–Crippen MR) is 91.6 cm³/mol. The molecule has 110 valence electrons. The average Bonchev–Trinajstić information content (AvgIpc) is 2.96. The molecular weight excluding hydrogens is 326 g/mol. The second-order valence-corrected chi connectivity index (χ2v) is 7.23. The van der Waals surface area contributed by atoms with Crippen molar-refractivity contribution in [3.63, 3.8) is 0 Å². The molecule has 2 aromatic rings. The fourth-order valence-electron chi connectivity index (χ4n) is 4.22. The summed E-state index contributed by atoms with van der Waals surface area (Å²) in [7, 11) is 0. The molecule has 0 bridgehead atoms. The Morgan fingerprint density at radius 1 is 1.19 bits per heavy atom. The first-order valence-corrected chi connectivity index (χ1v) is 8.64. The molecular formula is C17H20BrN3. The Kier molecular flexibility index (Phi) is 3.29. The normalized spacial score (nSPS) is 25.3. The van der Waals surface area contributed by atoms with Gasteiger partial charge in [-0.25, -0.2) is 0 Å². The number of piperidine rings is 1. The predicted octanol–water partition coefficient (Wildman–Crippen LogP) is 4.35. The van der Waals surface area contributed by atoms with Crippen molar-refractivity contribution in [2.45, 2.75) is 38.1 Å². The summed E-state index contributed by atoms with van der Waals surface area (Å²) in [5.74, 6) is 0.855. The molecule has 1 aromatic heterocycles. The van der Waals surface area contributed by atoms with Crippen molar-refractivity contribution < 1.29 is 0 Å². The number of halogens is 1. The fraction of sp³-hybridized carbons (Fsp3) is 0.471. The lowest BCUT2D eigenvalue weighted by atomic mass is 9.91. The van der Waals surface area contributed by atoms with E-state index in [1.54, 1.807) is 0 Å². The average molecular weight is 346 g/mol. The lowest BCUT2D eigenvalue weighted by Crippen LogP contribution is -2.43. The molecule has 1 saturated heterocycles. The van der Waals surface area contributed by atoms with Gasteiger partial charge in [-0.2, -0.15) is 0 Å². The monoisotopic (exact) mass is 345 g/mol. The summed E-state index contributed by atoms with van der Waals surface area (Å²) >= 11 is 3.58. The maximum Gasteiger partial charge on any atom is 0.0745 e. The van der Waals surface area contributed by atoms with Gasteiger partial charge in [0.25, 0.3) is 0 Å². The second-order valence-electron chi connectivity index (χ2n) is 6.32. The van der Waals surface area contributed by atoms with E-state index >= 15 is 0 Å². The number of nitrogens with zero attached hydrogens (tertiary/aromatic N) is 2. The van der Waals surface area contributed by atoms with Crippen LogP contribution in [0.25, 0.3) is 10.9 Å². The molecule has 1 aromatic carbocycles. The van der Waals surface area contributed by atoms with Gasteiger partial charge in [-0.3, -0.25) is 4.98 Å². The highest BCUT2D eigenvalue weighted by molar-refractivity contribution is 9.10. The van der Waals surface area contributed by atoms with Crippen molar-refractivity contribution in [3.8, 4) is 0 Å². The van der Waals surface area contributed by atoms with E-state index in [-0.39, 0.29) is 0 Å². The molecule has 0 amide bonds. The van der Waals surface area contributed by atoms with Crippen molar-refractivity contribution in [2.24, 2.45) is 5.92 Å². The molecule has 1 aliphatic carbocycles.